The summed E-state index contributed by atoms with van der Waals surface area (Å²) in [6, 6.07) is 1.89. The van der Waals surface area contributed by atoms with Gasteiger partial charge in [0.05, 0.1) is 31.8 Å². The van der Waals surface area contributed by atoms with Crippen molar-refractivity contribution in [3.63, 3.8) is 0 Å². The zero-order valence-corrected chi connectivity index (χ0v) is 36.5. The summed E-state index contributed by atoms with van der Waals surface area (Å²) in [5, 5.41) is 49.6. The summed E-state index contributed by atoms with van der Waals surface area (Å²) in [5.74, 6) is -6.01. The van der Waals surface area contributed by atoms with Crippen molar-refractivity contribution in [1.82, 2.24) is 48.0 Å². The molecule has 1 aromatic carbocycles. The summed E-state index contributed by atoms with van der Waals surface area (Å²) in [4.78, 5) is 113. The van der Waals surface area contributed by atoms with Gasteiger partial charge in [0.1, 0.15) is 23.9 Å². The molecule has 24 heteroatoms. The van der Waals surface area contributed by atoms with Crippen LogP contribution in [-0.4, -0.2) is 143 Å². The van der Waals surface area contributed by atoms with Crippen molar-refractivity contribution in [3.05, 3.63) is 29.8 Å². The summed E-state index contributed by atoms with van der Waals surface area (Å²) < 4.78 is 0. The molecule has 0 spiro atoms. The van der Waals surface area contributed by atoms with Gasteiger partial charge >= 0.3 is 6.03 Å². The SMILES string of the molecule is NCCCCC(CC(=O)NO)C(=O)N[C@@H](Cc1ccc(O)cc1)C(=O)N[C@@H](CO)C(=O)NCC(=O)NCC(=O)N[C@@H](CCCCNC(=O)CCCC[C@@H]1SC[C@@H]2NC(=O)N[C@@H]21)C(N)=O. The highest BCUT2D eigenvalue weighted by atomic mass is 32.2. The fraction of sp³-hybridized carbons (Fsp3) is 0.625. The van der Waals surface area contributed by atoms with E-state index in [-0.39, 0.29) is 49.0 Å². The number of aliphatic hydroxyl groups excluding tert-OH is 1. The van der Waals surface area contributed by atoms with Crippen molar-refractivity contribution in [2.45, 2.75) is 113 Å². The van der Waals surface area contributed by atoms with Gasteiger partial charge in [-0.15, -0.1) is 0 Å². The molecule has 3 rings (SSSR count). The Morgan fingerprint density at radius 1 is 0.750 bits per heavy atom. The zero-order chi connectivity index (χ0) is 47.0. The van der Waals surface area contributed by atoms with Gasteiger partial charge in [-0.05, 0) is 69.2 Å². The highest BCUT2D eigenvalue weighted by Crippen LogP contribution is 2.33. The topological polar surface area (TPSA) is 375 Å². The summed E-state index contributed by atoms with van der Waals surface area (Å²) in [6.07, 6.45) is 4.66. The average Bonchev–Trinajstić information content (AvgIpc) is 3.83. The van der Waals surface area contributed by atoms with Crippen molar-refractivity contribution >= 4 is 65.1 Å². The van der Waals surface area contributed by atoms with E-state index in [4.69, 9.17) is 16.7 Å². The maximum absolute atomic E-state index is 13.5. The van der Waals surface area contributed by atoms with E-state index in [0.29, 0.717) is 62.4 Å². The maximum atomic E-state index is 13.5. The number of phenols is 1. The number of amides is 10. The van der Waals surface area contributed by atoms with Crippen molar-refractivity contribution in [2.24, 2.45) is 17.4 Å². The molecule has 1 aromatic rings. The minimum Gasteiger partial charge on any atom is -0.508 e. The Labute approximate surface area is 374 Å². The Morgan fingerprint density at radius 3 is 2.14 bits per heavy atom. The van der Waals surface area contributed by atoms with E-state index in [2.05, 4.69) is 42.5 Å². The molecule has 0 saturated carbocycles. The van der Waals surface area contributed by atoms with Gasteiger partial charge in [0.15, 0.2) is 0 Å². The van der Waals surface area contributed by atoms with Crippen LogP contribution in [0.2, 0.25) is 0 Å². The first kappa shape index (κ1) is 52.6. The number of fused-ring (bicyclic) bond motifs is 1. The second kappa shape index (κ2) is 28.2. The van der Waals surface area contributed by atoms with E-state index in [9.17, 15) is 53.4 Å². The van der Waals surface area contributed by atoms with Crippen LogP contribution in [-0.2, 0) is 44.8 Å². The van der Waals surface area contributed by atoms with Crippen molar-refractivity contribution in [3.8, 4) is 5.75 Å². The van der Waals surface area contributed by atoms with E-state index < -0.39 is 91.5 Å². The number of nitrogens with two attached hydrogens (primary N) is 2. The second-order valence-corrected chi connectivity index (χ2v) is 16.9. The molecule has 2 aliphatic rings. The van der Waals surface area contributed by atoms with E-state index in [0.717, 1.165) is 18.6 Å². The van der Waals surface area contributed by atoms with Crippen molar-refractivity contribution < 1.29 is 58.6 Å². The van der Waals surface area contributed by atoms with Crippen LogP contribution in [0.15, 0.2) is 24.3 Å². The monoisotopic (exact) mass is 921 g/mol. The number of rotatable bonds is 30. The standard InChI is InChI=1S/C40H63N11O12S/c41-15-5-3-7-24(18-32(55)51-63)37(59)47-27(17-23-11-13-25(53)14-12-23)39(61)48-28(21-52)38(60)45-19-33(56)44-20-34(57)46-26(36(42)58)8-4-6-16-43-31(54)10-2-1-9-30-35-29(22-64-30)49-40(62)50-35/h11-14,24,26-30,35,52-53,63H,1-10,15-22,41H2,(H2,42,58)(H,43,54)(H,44,56)(H,45,60)(H,46,57)(H,47,59)(H,48,61)(H,51,55)(H2,49,50,62)/t24?,26-,27-,28-,29-,30-,35-/m0/s1. The third-order valence-electron chi connectivity index (χ3n) is 10.6. The van der Waals surface area contributed by atoms with Crippen LogP contribution in [0.25, 0.3) is 0 Å². The lowest BCUT2D eigenvalue weighted by molar-refractivity contribution is -0.137. The first-order valence-electron chi connectivity index (χ1n) is 21.3. The van der Waals surface area contributed by atoms with Crippen LogP contribution in [0.4, 0.5) is 4.79 Å². The van der Waals surface area contributed by atoms with Crippen LogP contribution < -0.4 is 59.5 Å². The van der Waals surface area contributed by atoms with Gasteiger partial charge < -0.3 is 64.2 Å². The van der Waals surface area contributed by atoms with Gasteiger partial charge in [0.25, 0.3) is 0 Å². The molecule has 0 radical (unpaired) electrons. The van der Waals surface area contributed by atoms with Gasteiger partial charge in [-0.1, -0.05) is 25.0 Å². The first-order valence-corrected chi connectivity index (χ1v) is 22.4. The van der Waals surface area contributed by atoms with Crippen LogP contribution in [0.3, 0.4) is 0 Å². The number of urea groups is 1. The third-order valence-corrected chi connectivity index (χ3v) is 12.1. The maximum Gasteiger partial charge on any atom is 0.315 e. The Hall–Kier alpha value is -5.72. The molecule has 16 N–H and O–H groups in total. The summed E-state index contributed by atoms with van der Waals surface area (Å²) in [7, 11) is 0. The molecule has 1 unspecified atom stereocenters. The summed E-state index contributed by atoms with van der Waals surface area (Å²) in [6.45, 7) is -1.46. The predicted octanol–water partition coefficient (Wildman–Crippen LogP) is -3.25. The number of hydrogen-bond acceptors (Lipinski definition) is 14. The van der Waals surface area contributed by atoms with E-state index >= 15 is 0 Å². The summed E-state index contributed by atoms with van der Waals surface area (Å²) in [5.41, 5.74) is 13.0. The Balaban J connectivity index is 1.38. The number of hydrogen-bond donors (Lipinski definition) is 14. The molecule has 10 amide bonds. The lowest BCUT2D eigenvalue weighted by atomic mass is 9.95. The molecule has 23 nitrogen and oxygen atoms in total. The number of carbonyl (C=O) groups is 9. The molecule has 356 valence electrons. The van der Waals surface area contributed by atoms with Crippen LogP contribution in [0.5, 0.6) is 5.75 Å². The lowest BCUT2D eigenvalue weighted by Gasteiger charge is -2.24. The Bertz CT molecular complexity index is 1760. The molecular weight excluding hydrogens is 859 g/mol. The molecular formula is C40H63N11O12S. The Kier molecular flexibility index (Phi) is 23.1. The van der Waals surface area contributed by atoms with Gasteiger partial charge in [0, 0.05) is 42.7 Å². The van der Waals surface area contributed by atoms with E-state index in [1.54, 1.807) is 0 Å². The molecule has 7 atom stereocenters. The minimum atomic E-state index is -1.59. The van der Waals surface area contributed by atoms with Gasteiger partial charge in [0.2, 0.25) is 47.3 Å². The molecule has 0 aliphatic carbocycles. The largest absolute Gasteiger partial charge is 0.508 e. The lowest BCUT2D eigenvalue weighted by Crippen LogP contribution is -2.57. The number of aromatic hydroxyl groups is 1. The number of carbonyl (C=O) groups excluding carboxylic acids is 9. The van der Waals surface area contributed by atoms with E-state index in [1.165, 1.54) is 29.7 Å². The highest BCUT2D eigenvalue weighted by Gasteiger charge is 2.42. The number of unbranched alkanes of at least 4 members (excludes halogenated alkanes) is 3. The fourth-order valence-corrected chi connectivity index (χ4v) is 8.63. The second-order valence-electron chi connectivity index (χ2n) is 15.6. The number of benzene rings is 1. The summed E-state index contributed by atoms with van der Waals surface area (Å²) >= 11 is 1.83. The number of hydroxylamine groups is 1. The Morgan fingerprint density at radius 2 is 1.45 bits per heavy atom. The van der Waals surface area contributed by atoms with Gasteiger partial charge in [-0.3, -0.25) is 43.6 Å². The number of nitrogens with one attached hydrogen (secondary N) is 9. The number of phenolic OH excluding ortho intramolecular Hbond substituents is 1. The highest BCUT2D eigenvalue weighted by molar-refractivity contribution is 8.00. The molecule has 0 aromatic heterocycles. The van der Waals surface area contributed by atoms with Crippen molar-refractivity contribution in [1.29, 1.82) is 0 Å². The predicted molar refractivity (Wildman–Crippen MR) is 232 cm³/mol. The van der Waals surface area contributed by atoms with E-state index in [1.807, 2.05) is 11.8 Å². The number of primary amides is 1. The molecule has 2 aliphatic heterocycles. The normalized spacial score (nSPS) is 18.1. The van der Waals surface area contributed by atoms with Gasteiger partial charge in [-0.2, -0.15) is 11.8 Å². The fourth-order valence-electron chi connectivity index (χ4n) is 7.09. The molecule has 2 saturated heterocycles. The van der Waals surface area contributed by atoms with Crippen LogP contribution in [0.1, 0.15) is 76.2 Å². The van der Waals surface area contributed by atoms with Crippen LogP contribution >= 0.6 is 11.8 Å². The van der Waals surface area contributed by atoms with Gasteiger partial charge in [-0.25, -0.2) is 10.3 Å². The average molecular weight is 922 g/mol. The third kappa shape index (κ3) is 18.9. The minimum absolute atomic E-state index is 0.0532. The zero-order valence-electron chi connectivity index (χ0n) is 35.7. The molecule has 64 heavy (non-hydrogen) atoms. The quantitative estimate of drug-likeness (QED) is 0.0156. The smallest absolute Gasteiger partial charge is 0.315 e. The number of aliphatic hydroxyl groups is 1. The number of thioether (sulfide) groups is 1. The molecule has 2 fully saturated rings. The molecule has 0 bridgehead atoms. The van der Waals surface area contributed by atoms with Crippen LogP contribution in [0, 0.1) is 5.92 Å². The first-order chi connectivity index (χ1) is 30.6. The van der Waals surface area contributed by atoms with Crippen molar-refractivity contribution in [2.75, 3.05) is 38.5 Å². The molecule has 2 heterocycles.